The third-order valence-electron chi connectivity index (χ3n) is 2.53. The maximum Gasteiger partial charge on any atom is 0.323 e. The summed E-state index contributed by atoms with van der Waals surface area (Å²) in [4.78, 5) is 34.8. The third kappa shape index (κ3) is 4.98. The lowest BCUT2D eigenvalue weighted by Gasteiger charge is -2.19. The molecule has 0 heterocycles. The van der Waals surface area contributed by atoms with Gasteiger partial charge in [0.25, 0.3) is 11.8 Å². The van der Waals surface area contributed by atoms with E-state index in [1.165, 1.54) is 18.2 Å². The van der Waals surface area contributed by atoms with Crippen molar-refractivity contribution in [3.8, 4) is 5.75 Å². The monoisotopic (exact) mass is 292 g/mol. The van der Waals surface area contributed by atoms with Crippen molar-refractivity contribution in [1.29, 1.82) is 0 Å². The molecule has 0 saturated carbocycles. The second-order valence-electron chi connectivity index (χ2n) is 4.11. The molecular weight excluding hydrogens is 276 g/mol. The second-order valence-corrected chi connectivity index (χ2v) is 4.11. The van der Waals surface area contributed by atoms with E-state index >= 15 is 0 Å². The van der Waals surface area contributed by atoms with Crippen molar-refractivity contribution in [1.82, 2.24) is 4.90 Å². The van der Waals surface area contributed by atoms with E-state index in [1.807, 2.05) is 0 Å². The Hall–Kier alpha value is -2.83. The number of carboxylic acids is 1. The van der Waals surface area contributed by atoms with Gasteiger partial charge in [-0.1, -0.05) is 18.2 Å². The van der Waals surface area contributed by atoms with Gasteiger partial charge < -0.3 is 20.5 Å². The molecule has 0 radical (unpaired) electrons. The fourth-order valence-corrected chi connectivity index (χ4v) is 1.60. The third-order valence-corrected chi connectivity index (χ3v) is 2.53. The molecular formula is C14H16N2O5. The normalized spacial score (nSPS) is 9.71. The lowest BCUT2D eigenvalue weighted by molar-refractivity contribution is -0.144. The molecule has 0 unspecified atom stereocenters. The molecule has 7 heteroatoms. The number of aliphatic carboxylic acids is 1. The van der Waals surface area contributed by atoms with Gasteiger partial charge in [0.05, 0.1) is 5.56 Å². The van der Waals surface area contributed by atoms with E-state index in [2.05, 4.69) is 6.58 Å². The number of nitrogens with zero attached hydrogens (tertiary/aromatic N) is 1. The summed E-state index contributed by atoms with van der Waals surface area (Å²) in [6.07, 6.45) is 1.41. The van der Waals surface area contributed by atoms with Crippen molar-refractivity contribution in [2.45, 2.75) is 0 Å². The zero-order valence-corrected chi connectivity index (χ0v) is 11.3. The molecule has 0 atom stereocenters. The minimum Gasteiger partial charge on any atom is -0.483 e. The van der Waals surface area contributed by atoms with E-state index in [4.69, 9.17) is 15.6 Å². The Labute approximate surface area is 121 Å². The average molecular weight is 292 g/mol. The molecule has 3 N–H and O–H groups in total. The van der Waals surface area contributed by atoms with E-state index in [0.717, 1.165) is 4.90 Å². The molecule has 7 nitrogen and oxygen atoms in total. The maximum absolute atomic E-state index is 11.9. The zero-order valence-electron chi connectivity index (χ0n) is 11.3. The van der Waals surface area contributed by atoms with Crippen LogP contribution in [0.25, 0.3) is 0 Å². The van der Waals surface area contributed by atoms with Crippen LogP contribution in [0.3, 0.4) is 0 Å². The second kappa shape index (κ2) is 7.68. The molecule has 0 aliphatic carbocycles. The van der Waals surface area contributed by atoms with Gasteiger partial charge >= 0.3 is 5.97 Å². The van der Waals surface area contributed by atoms with Gasteiger partial charge in [-0.3, -0.25) is 14.4 Å². The number of amides is 2. The van der Waals surface area contributed by atoms with Gasteiger partial charge in [-0.25, -0.2) is 0 Å². The Morgan fingerprint density at radius 1 is 1.33 bits per heavy atom. The molecule has 1 aromatic rings. The van der Waals surface area contributed by atoms with Crippen LogP contribution in [0.2, 0.25) is 0 Å². The van der Waals surface area contributed by atoms with Crippen LogP contribution in [0.15, 0.2) is 36.9 Å². The first kappa shape index (κ1) is 16.2. The number of hydrogen-bond acceptors (Lipinski definition) is 4. The van der Waals surface area contributed by atoms with Crippen LogP contribution < -0.4 is 10.5 Å². The van der Waals surface area contributed by atoms with Crippen molar-refractivity contribution >= 4 is 17.8 Å². The van der Waals surface area contributed by atoms with Gasteiger partial charge in [0, 0.05) is 6.54 Å². The summed E-state index contributed by atoms with van der Waals surface area (Å²) in [7, 11) is 0. The lowest BCUT2D eigenvalue weighted by Crippen LogP contribution is -2.38. The molecule has 0 aromatic heterocycles. The molecule has 1 rings (SSSR count). The SMILES string of the molecule is C=CCN(CC(=O)O)C(=O)COc1ccccc1C(N)=O. The molecule has 0 saturated heterocycles. The van der Waals surface area contributed by atoms with E-state index in [1.54, 1.807) is 12.1 Å². The fraction of sp³-hybridized carbons (Fsp3) is 0.214. The van der Waals surface area contributed by atoms with E-state index in [9.17, 15) is 14.4 Å². The van der Waals surface area contributed by atoms with Crippen LogP contribution in [-0.4, -0.2) is 47.5 Å². The molecule has 2 amide bonds. The minimum absolute atomic E-state index is 0.0892. The largest absolute Gasteiger partial charge is 0.483 e. The first-order valence-corrected chi connectivity index (χ1v) is 6.07. The van der Waals surface area contributed by atoms with Crippen molar-refractivity contribution in [3.63, 3.8) is 0 Å². The topological polar surface area (TPSA) is 110 Å². The van der Waals surface area contributed by atoms with Gasteiger partial charge in [-0.2, -0.15) is 0 Å². The highest BCUT2D eigenvalue weighted by Gasteiger charge is 2.17. The number of rotatable bonds is 8. The molecule has 1 aromatic carbocycles. The molecule has 0 bridgehead atoms. The summed E-state index contributed by atoms with van der Waals surface area (Å²) in [5.74, 6) is -2.17. The highest BCUT2D eigenvalue weighted by Crippen LogP contribution is 2.17. The smallest absolute Gasteiger partial charge is 0.323 e. The van der Waals surface area contributed by atoms with Crippen LogP contribution in [-0.2, 0) is 9.59 Å². The number of ether oxygens (including phenoxy) is 1. The number of hydrogen-bond donors (Lipinski definition) is 2. The van der Waals surface area contributed by atoms with E-state index in [0.29, 0.717) is 0 Å². The first-order valence-electron chi connectivity index (χ1n) is 6.07. The fourth-order valence-electron chi connectivity index (χ4n) is 1.60. The van der Waals surface area contributed by atoms with Crippen molar-refractivity contribution in [2.24, 2.45) is 5.73 Å². The average Bonchev–Trinajstić information content (AvgIpc) is 2.44. The highest BCUT2D eigenvalue weighted by atomic mass is 16.5. The highest BCUT2D eigenvalue weighted by molar-refractivity contribution is 5.95. The van der Waals surface area contributed by atoms with E-state index in [-0.39, 0.29) is 17.9 Å². The number of carboxylic acid groups (broad SMARTS) is 1. The number of nitrogens with two attached hydrogens (primary N) is 1. The van der Waals surface area contributed by atoms with Crippen molar-refractivity contribution in [2.75, 3.05) is 19.7 Å². The lowest BCUT2D eigenvalue weighted by atomic mass is 10.2. The maximum atomic E-state index is 11.9. The summed E-state index contributed by atoms with van der Waals surface area (Å²) in [5.41, 5.74) is 5.34. The minimum atomic E-state index is -1.14. The summed E-state index contributed by atoms with van der Waals surface area (Å²) in [6, 6.07) is 6.22. The summed E-state index contributed by atoms with van der Waals surface area (Å²) in [5, 5.41) is 8.73. The Bertz CT molecular complexity index is 556. The summed E-state index contributed by atoms with van der Waals surface area (Å²) < 4.78 is 5.25. The van der Waals surface area contributed by atoms with Gasteiger partial charge in [-0.15, -0.1) is 6.58 Å². The standard InChI is InChI=1S/C14H16N2O5/c1-2-7-16(8-13(18)19)12(17)9-21-11-6-4-3-5-10(11)14(15)20/h2-6H,1,7-9H2,(H2,15,20)(H,18,19). The number of carbonyl (C=O) groups is 3. The quantitative estimate of drug-likeness (QED) is 0.668. The van der Waals surface area contributed by atoms with Crippen LogP contribution in [0, 0.1) is 0 Å². The van der Waals surface area contributed by atoms with E-state index < -0.39 is 30.9 Å². The zero-order chi connectivity index (χ0) is 15.8. The van der Waals surface area contributed by atoms with Gasteiger partial charge in [0.1, 0.15) is 12.3 Å². The van der Waals surface area contributed by atoms with Crippen molar-refractivity contribution < 1.29 is 24.2 Å². The number of para-hydroxylation sites is 1. The van der Waals surface area contributed by atoms with Crippen LogP contribution in [0.4, 0.5) is 0 Å². The number of primary amides is 1. The molecule has 0 aliphatic heterocycles. The first-order chi connectivity index (χ1) is 9.95. The molecule has 112 valence electrons. The number of benzene rings is 1. The summed E-state index contributed by atoms with van der Waals surface area (Å²) in [6.45, 7) is 2.70. The Morgan fingerprint density at radius 2 is 2.00 bits per heavy atom. The summed E-state index contributed by atoms with van der Waals surface area (Å²) >= 11 is 0. The van der Waals surface area contributed by atoms with Gasteiger partial charge in [-0.05, 0) is 12.1 Å². The van der Waals surface area contributed by atoms with Crippen LogP contribution in [0.1, 0.15) is 10.4 Å². The Kier molecular flexibility index (Phi) is 5.94. The predicted molar refractivity (Wildman–Crippen MR) is 74.9 cm³/mol. The van der Waals surface area contributed by atoms with Gasteiger partial charge in [0.2, 0.25) is 0 Å². The van der Waals surface area contributed by atoms with Gasteiger partial charge in [0.15, 0.2) is 6.61 Å². The van der Waals surface area contributed by atoms with Crippen LogP contribution >= 0.6 is 0 Å². The van der Waals surface area contributed by atoms with Crippen LogP contribution in [0.5, 0.6) is 5.75 Å². The Balaban J connectivity index is 2.73. The molecule has 0 fully saturated rings. The molecule has 21 heavy (non-hydrogen) atoms. The number of carbonyl (C=O) groups excluding carboxylic acids is 2. The van der Waals surface area contributed by atoms with Crippen molar-refractivity contribution in [3.05, 3.63) is 42.5 Å². The molecule has 0 spiro atoms. The predicted octanol–water partition coefficient (Wildman–Crippen LogP) is 0.263. The Morgan fingerprint density at radius 3 is 2.57 bits per heavy atom. The molecule has 0 aliphatic rings.